The Kier molecular flexibility index (Phi) is 6.72. The molecule has 3 aromatic rings. The highest BCUT2D eigenvalue weighted by molar-refractivity contribution is 7.10. The first-order valence-corrected chi connectivity index (χ1v) is 11.1. The van der Waals surface area contributed by atoms with Gasteiger partial charge in [0.25, 0.3) is 0 Å². The number of thiophene rings is 1. The van der Waals surface area contributed by atoms with Gasteiger partial charge in [-0.05, 0) is 60.6 Å². The molecular weight excluding hydrogens is 378 g/mol. The quantitative estimate of drug-likeness (QED) is 0.573. The molecule has 2 aromatic carbocycles. The van der Waals surface area contributed by atoms with Crippen LogP contribution in [0.3, 0.4) is 0 Å². The smallest absolute Gasteiger partial charge is 0.238 e. The highest BCUT2D eigenvalue weighted by atomic mass is 32.1. The molecule has 2 N–H and O–H groups in total. The Bertz CT molecular complexity index is 888. The summed E-state index contributed by atoms with van der Waals surface area (Å²) in [6.07, 6.45) is 2.60. The van der Waals surface area contributed by atoms with Gasteiger partial charge in [0.05, 0.1) is 12.6 Å². The Balaban J connectivity index is 1.32. The fourth-order valence-electron chi connectivity index (χ4n) is 3.78. The lowest BCUT2D eigenvalue weighted by Crippen LogP contribution is -2.31. The second-order valence-corrected chi connectivity index (χ2v) is 8.45. The summed E-state index contributed by atoms with van der Waals surface area (Å²) < 4.78 is 0. The number of hydrogen-bond acceptors (Lipinski definition) is 4. The number of amides is 1. The molecule has 0 radical (unpaired) electrons. The van der Waals surface area contributed by atoms with Gasteiger partial charge in [-0.2, -0.15) is 0 Å². The number of nitrogens with one attached hydrogen (secondary N) is 2. The van der Waals surface area contributed by atoms with Crippen molar-refractivity contribution in [3.05, 3.63) is 88.1 Å². The zero-order valence-electron chi connectivity index (χ0n) is 16.5. The van der Waals surface area contributed by atoms with Crippen molar-refractivity contribution in [2.24, 2.45) is 0 Å². The topological polar surface area (TPSA) is 44.4 Å². The standard InChI is InChI=1S/C24H27N3OS/c28-23(26-21-12-10-19(11-13-21)18-27-14-4-5-15-27)17-25-24(22-9-6-16-29-22)20-7-2-1-3-8-20/h1-3,6-13,16,24-25H,4-5,14-15,17-18H2,(H,26,28). The number of likely N-dealkylation sites (tertiary alicyclic amines) is 1. The maximum Gasteiger partial charge on any atom is 0.238 e. The number of rotatable bonds is 8. The van der Waals surface area contributed by atoms with E-state index in [-0.39, 0.29) is 18.5 Å². The molecule has 1 amide bonds. The highest BCUT2D eigenvalue weighted by Crippen LogP contribution is 2.25. The van der Waals surface area contributed by atoms with E-state index in [0.29, 0.717) is 0 Å². The third kappa shape index (κ3) is 5.54. The van der Waals surface area contributed by atoms with E-state index in [1.807, 2.05) is 36.4 Å². The van der Waals surface area contributed by atoms with Gasteiger partial charge in [-0.3, -0.25) is 15.0 Å². The monoisotopic (exact) mass is 405 g/mol. The van der Waals surface area contributed by atoms with Gasteiger partial charge >= 0.3 is 0 Å². The Morgan fingerprint density at radius 2 is 1.72 bits per heavy atom. The average molecular weight is 406 g/mol. The van der Waals surface area contributed by atoms with Crippen molar-refractivity contribution in [2.75, 3.05) is 25.0 Å². The van der Waals surface area contributed by atoms with Crippen LogP contribution in [0.25, 0.3) is 0 Å². The minimum absolute atomic E-state index is 0.0183. The number of nitrogens with zero attached hydrogens (tertiary/aromatic N) is 1. The van der Waals surface area contributed by atoms with Crippen LogP contribution in [0.2, 0.25) is 0 Å². The molecule has 2 heterocycles. The summed E-state index contributed by atoms with van der Waals surface area (Å²) in [5.41, 5.74) is 3.30. The molecule has 0 spiro atoms. The highest BCUT2D eigenvalue weighted by Gasteiger charge is 2.16. The van der Waals surface area contributed by atoms with Crippen molar-refractivity contribution in [2.45, 2.75) is 25.4 Å². The van der Waals surface area contributed by atoms with Crippen LogP contribution >= 0.6 is 11.3 Å². The molecule has 4 rings (SSSR count). The molecule has 1 atom stereocenters. The van der Waals surface area contributed by atoms with Gasteiger partial charge in [-0.25, -0.2) is 0 Å². The molecule has 1 aliphatic rings. The zero-order valence-corrected chi connectivity index (χ0v) is 17.3. The number of hydrogen-bond donors (Lipinski definition) is 2. The predicted molar refractivity (Wildman–Crippen MR) is 120 cm³/mol. The molecule has 0 bridgehead atoms. The van der Waals surface area contributed by atoms with Crippen molar-refractivity contribution >= 4 is 22.9 Å². The first-order valence-electron chi connectivity index (χ1n) is 10.2. The Hall–Kier alpha value is -2.47. The zero-order chi connectivity index (χ0) is 19.9. The van der Waals surface area contributed by atoms with Crippen LogP contribution in [0.4, 0.5) is 5.69 Å². The van der Waals surface area contributed by atoms with Crippen molar-refractivity contribution in [1.29, 1.82) is 0 Å². The van der Waals surface area contributed by atoms with Crippen molar-refractivity contribution in [3.63, 3.8) is 0 Å². The molecule has 1 aromatic heterocycles. The lowest BCUT2D eigenvalue weighted by atomic mass is 10.1. The first-order chi connectivity index (χ1) is 14.3. The minimum atomic E-state index is -0.0326. The van der Waals surface area contributed by atoms with Crippen molar-refractivity contribution in [1.82, 2.24) is 10.2 Å². The SMILES string of the molecule is O=C(CNC(c1ccccc1)c1cccs1)Nc1ccc(CN2CCCC2)cc1. The summed E-state index contributed by atoms with van der Waals surface area (Å²) in [6, 6.07) is 22.6. The number of carbonyl (C=O) groups is 1. The van der Waals surface area contributed by atoms with Gasteiger partial charge in [-0.15, -0.1) is 11.3 Å². The molecule has 5 heteroatoms. The first kappa shape index (κ1) is 19.8. The van der Waals surface area contributed by atoms with E-state index >= 15 is 0 Å². The summed E-state index contributed by atoms with van der Waals surface area (Å²) in [6.45, 7) is 3.64. The number of anilines is 1. The van der Waals surface area contributed by atoms with E-state index < -0.39 is 0 Å². The van der Waals surface area contributed by atoms with Gasteiger partial charge in [0.1, 0.15) is 0 Å². The lowest BCUT2D eigenvalue weighted by Gasteiger charge is -2.18. The summed E-state index contributed by atoms with van der Waals surface area (Å²) >= 11 is 1.70. The van der Waals surface area contributed by atoms with Crippen molar-refractivity contribution in [3.8, 4) is 0 Å². The van der Waals surface area contributed by atoms with Crippen LogP contribution in [0.1, 0.15) is 34.9 Å². The normalized spacial score (nSPS) is 15.3. The molecule has 150 valence electrons. The Labute approximate surface area is 176 Å². The summed E-state index contributed by atoms with van der Waals surface area (Å²) in [5.74, 6) is -0.0326. The molecule has 0 aliphatic carbocycles. The van der Waals surface area contributed by atoms with Gasteiger partial charge < -0.3 is 5.32 Å². The summed E-state index contributed by atoms with van der Waals surface area (Å²) in [4.78, 5) is 16.2. The van der Waals surface area contributed by atoms with Gasteiger partial charge in [0.2, 0.25) is 5.91 Å². The molecule has 4 nitrogen and oxygen atoms in total. The van der Waals surface area contributed by atoms with Crippen LogP contribution in [0, 0.1) is 0 Å². The van der Waals surface area contributed by atoms with E-state index in [4.69, 9.17) is 0 Å². The Morgan fingerprint density at radius 3 is 2.41 bits per heavy atom. The molecule has 1 fully saturated rings. The average Bonchev–Trinajstić information content (AvgIpc) is 3.45. The summed E-state index contributed by atoms with van der Waals surface area (Å²) in [5, 5.41) is 8.48. The lowest BCUT2D eigenvalue weighted by molar-refractivity contribution is -0.115. The van der Waals surface area contributed by atoms with E-state index in [1.54, 1.807) is 11.3 Å². The number of benzene rings is 2. The third-order valence-corrected chi connectivity index (χ3v) is 6.21. The third-order valence-electron chi connectivity index (χ3n) is 5.27. The van der Waals surface area contributed by atoms with E-state index in [2.05, 4.69) is 51.2 Å². The fraction of sp³-hybridized carbons (Fsp3) is 0.292. The summed E-state index contributed by atoms with van der Waals surface area (Å²) in [7, 11) is 0. The Morgan fingerprint density at radius 1 is 0.966 bits per heavy atom. The minimum Gasteiger partial charge on any atom is -0.325 e. The molecule has 29 heavy (non-hydrogen) atoms. The molecule has 1 saturated heterocycles. The van der Waals surface area contributed by atoms with Crippen molar-refractivity contribution < 1.29 is 4.79 Å². The van der Waals surface area contributed by atoms with Crippen LogP contribution in [-0.4, -0.2) is 30.4 Å². The largest absolute Gasteiger partial charge is 0.325 e. The molecule has 1 unspecified atom stereocenters. The van der Waals surface area contributed by atoms with E-state index in [1.165, 1.54) is 36.4 Å². The fourth-order valence-corrected chi connectivity index (χ4v) is 4.60. The van der Waals surface area contributed by atoms with Gasteiger partial charge in [0.15, 0.2) is 0 Å². The number of carbonyl (C=O) groups excluding carboxylic acids is 1. The second-order valence-electron chi connectivity index (χ2n) is 7.47. The van der Waals surface area contributed by atoms with Gasteiger partial charge in [0, 0.05) is 17.1 Å². The van der Waals surface area contributed by atoms with Crippen LogP contribution in [0.15, 0.2) is 72.1 Å². The molecular formula is C24H27N3OS. The van der Waals surface area contributed by atoms with E-state index in [0.717, 1.165) is 17.8 Å². The maximum absolute atomic E-state index is 12.5. The second kappa shape index (κ2) is 9.83. The molecule has 1 aliphatic heterocycles. The van der Waals surface area contributed by atoms with Crippen LogP contribution in [-0.2, 0) is 11.3 Å². The van der Waals surface area contributed by atoms with Crippen LogP contribution < -0.4 is 10.6 Å². The maximum atomic E-state index is 12.5. The van der Waals surface area contributed by atoms with Crippen LogP contribution in [0.5, 0.6) is 0 Å². The predicted octanol–water partition coefficient (Wildman–Crippen LogP) is 4.66. The van der Waals surface area contributed by atoms with E-state index in [9.17, 15) is 4.79 Å². The van der Waals surface area contributed by atoms with Gasteiger partial charge in [-0.1, -0.05) is 48.5 Å². The molecule has 0 saturated carbocycles.